The minimum Gasteiger partial charge on any atom is -0.493 e. The van der Waals surface area contributed by atoms with E-state index in [0.29, 0.717) is 24.1 Å². The molecule has 0 radical (unpaired) electrons. The van der Waals surface area contributed by atoms with Crippen molar-refractivity contribution >= 4 is 0 Å². The molecule has 0 unspecified atom stereocenters. The molecule has 0 spiro atoms. The van der Waals surface area contributed by atoms with E-state index in [4.69, 9.17) is 14.2 Å². The fraction of sp³-hybridized carbons (Fsp3) is 0.700. The molecule has 0 saturated carbocycles. The molecule has 0 amide bonds. The number of aliphatic hydroxyl groups is 1. The van der Waals surface area contributed by atoms with Gasteiger partial charge in [0.05, 0.1) is 13.7 Å². The number of likely N-dealkylation sites (N-methyl/N-ethyl adjacent to an activating group) is 1. The van der Waals surface area contributed by atoms with Gasteiger partial charge in [0.15, 0.2) is 11.5 Å². The number of rotatable bonds is 9. The Morgan fingerprint density at radius 2 is 2.04 bits per heavy atom. The van der Waals surface area contributed by atoms with Crippen LogP contribution in [0.4, 0.5) is 0 Å². The van der Waals surface area contributed by atoms with Gasteiger partial charge in [-0.15, -0.1) is 0 Å². The van der Waals surface area contributed by atoms with E-state index in [1.165, 1.54) is 5.56 Å². The number of methoxy groups -OCH3 is 1. The maximum absolute atomic E-state index is 10.2. The van der Waals surface area contributed by atoms with Crippen LogP contribution in [0, 0.1) is 0 Å². The number of aliphatic hydroxyl groups excluding tert-OH is 1. The quantitative estimate of drug-likeness (QED) is 0.721. The summed E-state index contributed by atoms with van der Waals surface area (Å²) < 4.78 is 16.8. The highest BCUT2D eigenvalue weighted by Gasteiger charge is 2.15. The highest BCUT2D eigenvalue weighted by molar-refractivity contribution is 5.43. The van der Waals surface area contributed by atoms with Crippen molar-refractivity contribution in [2.45, 2.75) is 39.0 Å². The first-order valence-electron chi connectivity index (χ1n) is 9.47. The van der Waals surface area contributed by atoms with Gasteiger partial charge in [-0.25, -0.2) is 0 Å². The van der Waals surface area contributed by atoms with Crippen molar-refractivity contribution in [1.29, 1.82) is 0 Å². The number of ether oxygens (including phenoxy) is 3. The van der Waals surface area contributed by atoms with Crippen molar-refractivity contribution in [2.75, 3.05) is 53.6 Å². The van der Waals surface area contributed by atoms with E-state index in [-0.39, 0.29) is 6.61 Å². The van der Waals surface area contributed by atoms with E-state index in [9.17, 15) is 5.11 Å². The fourth-order valence-corrected chi connectivity index (χ4v) is 2.93. The Morgan fingerprint density at radius 3 is 2.77 bits per heavy atom. The third-order valence-corrected chi connectivity index (χ3v) is 4.76. The molecule has 1 heterocycles. The lowest BCUT2D eigenvalue weighted by molar-refractivity contribution is 0.0668. The maximum atomic E-state index is 10.2. The second kappa shape index (κ2) is 10.7. The zero-order valence-corrected chi connectivity index (χ0v) is 16.6. The van der Waals surface area contributed by atoms with E-state index >= 15 is 0 Å². The van der Waals surface area contributed by atoms with Crippen LogP contribution in [0.3, 0.4) is 0 Å². The van der Waals surface area contributed by atoms with Gasteiger partial charge in [0, 0.05) is 38.8 Å². The van der Waals surface area contributed by atoms with E-state index < -0.39 is 6.10 Å². The van der Waals surface area contributed by atoms with Crippen molar-refractivity contribution < 1.29 is 19.3 Å². The lowest BCUT2D eigenvalue weighted by Gasteiger charge is -2.24. The third kappa shape index (κ3) is 6.76. The van der Waals surface area contributed by atoms with E-state index in [0.717, 1.165) is 39.3 Å². The SMILES string of the molecule is COc1cc(CN2CCCOCC2)ccc1OC[C@@H](O)CN(C)C(C)C. The van der Waals surface area contributed by atoms with Gasteiger partial charge >= 0.3 is 0 Å². The molecule has 1 aliphatic heterocycles. The van der Waals surface area contributed by atoms with Gasteiger partial charge < -0.3 is 24.2 Å². The van der Waals surface area contributed by atoms with Gasteiger partial charge in [-0.3, -0.25) is 4.90 Å². The molecule has 1 aromatic carbocycles. The normalized spacial score (nSPS) is 17.3. The van der Waals surface area contributed by atoms with Crippen molar-refractivity contribution in [3.8, 4) is 11.5 Å². The fourth-order valence-electron chi connectivity index (χ4n) is 2.93. The van der Waals surface area contributed by atoms with E-state index in [2.05, 4.69) is 29.7 Å². The molecule has 26 heavy (non-hydrogen) atoms. The number of hydrogen-bond donors (Lipinski definition) is 1. The smallest absolute Gasteiger partial charge is 0.161 e. The summed E-state index contributed by atoms with van der Waals surface area (Å²) in [7, 11) is 3.64. The third-order valence-electron chi connectivity index (χ3n) is 4.76. The van der Waals surface area contributed by atoms with Crippen molar-refractivity contribution in [2.24, 2.45) is 0 Å². The van der Waals surface area contributed by atoms with Gasteiger partial charge in [-0.2, -0.15) is 0 Å². The van der Waals surface area contributed by atoms with Gasteiger partial charge in [-0.05, 0) is 45.0 Å². The Balaban J connectivity index is 1.90. The molecule has 1 aromatic rings. The van der Waals surface area contributed by atoms with Crippen LogP contribution in [0.1, 0.15) is 25.8 Å². The zero-order valence-electron chi connectivity index (χ0n) is 16.6. The first-order valence-corrected chi connectivity index (χ1v) is 9.47. The predicted octanol–water partition coefficient (Wildman–Crippen LogP) is 2.00. The van der Waals surface area contributed by atoms with Crippen LogP contribution >= 0.6 is 0 Å². The number of nitrogens with zero attached hydrogens (tertiary/aromatic N) is 2. The van der Waals surface area contributed by atoms with E-state index in [1.54, 1.807) is 7.11 Å². The molecule has 2 rings (SSSR count). The first kappa shape index (κ1) is 21.0. The Kier molecular flexibility index (Phi) is 8.65. The van der Waals surface area contributed by atoms with Crippen LogP contribution < -0.4 is 9.47 Å². The average Bonchev–Trinajstić information content (AvgIpc) is 2.89. The van der Waals surface area contributed by atoms with Gasteiger partial charge in [-0.1, -0.05) is 6.07 Å². The Bertz CT molecular complexity index is 531. The summed E-state index contributed by atoms with van der Waals surface area (Å²) in [5.41, 5.74) is 1.19. The van der Waals surface area contributed by atoms with Crippen LogP contribution in [-0.2, 0) is 11.3 Å². The maximum Gasteiger partial charge on any atom is 0.161 e. The summed E-state index contributed by atoms with van der Waals surface area (Å²) in [6.07, 6.45) is 0.532. The van der Waals surface area contributed by atoms with Gasteiger partial charge in [0.2, 0.25) is 0 Å². The van der Waals surface area contributed by atoms with Crippen LogP contribution in [0.15, 0.2) is 18.2 Å². The first-order chi connectivity index (χ1) is 12.5. The molecule has 6 heteroatoms. The molecule has 6 nitrogen and oxygen atoms in total. The molecule has 0 aliphatic carbocycles. The second-order valence-electron chi connectivity index (χ2n) is 7.23. The number of benzene rings is 1. The Morgan fingerprint density at radius 1 is 1.23 bits per heavy atom. The van der Waals surface area contributed by atoms with Crippen molar-refractivity contribution in [3.05, 3.63) is 23.8 Å². The molecule has 1 aliphatic rings. The summed E-state index contributed by atoms with van der Waals surface area (Å²) >= 11 is 0. The summed E-state index contributed by atoms with van der Waals surface area (Å²) in [5, 5.41) is 10.2. The molecule has 148 valence electrons. The second-order valence-corrected chi connectivity index (χ2v) is 7.23. The highest BCUT2D eigenvalue weighted by atomic mass is 16.5. The van der Waals surface area contributed by atoms with Crippen LogP contribution in [-0.4, -0.2) is 80.7 Å². The monoisotopic (exact) mass is 366 g/mol. The van der Waals surface area contributed by atoms with Crippen LogP contribution in [0.5, 0.6) is 11.5 Å². The largest absolute Gasteiger partial charge is 0.493 e. The highest BCUT2D eigenvalue weighted by Crippen LogP contribution is 2.29. The molecule has 1 saturated heterocycles. The molecule has 1 atom stereocenters. The summed E-state index contributed by atoms with van der Waals surface area (Å²) in [6.45, 7) is 9.55. The van der Waals surface area contributed by atoms with Gasteiger partial charge in [0.25, 0.3) is 0 Å². The topological polar surface area (TPSA) is 54.4 Å². The van der Waals surface area contributed by atoms with E-state index in [1.807, 2.05) is 19.2 Å². The zero-order chi connectivity index (χ0) is 18.9. The predicted molar refractivity (Wildman–Crippen MR) is 103 cm³/mol. The van der Waals surface area contributed by atoms with Crippen molar-refractivity contribution in [3.63, 3.8) is 0 Å². The molecule has 0 aromatic heterocycles. The lowest BCUT2D eigenvalue weighted by atomic mass is 10.2. The molecule has 1 fully saturated rings. The summed E-state index contributed by atoms with van der Waals surface area (Å²) in [6, 6.07) is 6.41. The molecule has 1 N–H and O–H groups in total. The molecular formula is C20H34N2O4. The van der Waals surface area contributed by atoms with Crippen LogP contribution in [0.2, 0.25) is 0 Å². The van der Waals surface area contributed by atoms with Crippen LogP contribution in [0.25, 0.3) is 0 Å². The summed E-state index contributed by atoms with van der Waals surface area (Å²) in [4.78, 5) is 4.49. The standard InChI is InChI=1S/C20H34N2O4/c1-16(2)21(3)14-18(23)15-26-19-7-6-17(12-20(19)24-4)13-22-8-5-10-25-11-9-22/h6-7,12,16,18,23H,5,8-11,13-15H2,1-4H3/t18-/m0/s1. The molecule has 0 bridgehead atoms. The van der Waals surface area contributed by atoms with Crippen molar-refractivity contribution in [1.82, 2.24) is 9.80 Å². The van der Waals surface area contributed by atoms with Gasteiger partial charge in [0.1, 0.15) is 12.7 Å². The lowest BCUT2D eigenvalue weighted by Crippen LogP contribution is -2.36. The Hall–Kier alpha value is -1.34. The average molecular weight is 367 g/mol. The minimum absolute atomic E-state index is 0.246. The summed E-state index contributed by atoms with van der Waals surface area (Å²) in [5.74, 6) is 1.37. The number of hydrogen-bond acceptors (Lipinski definition) is 6. The minimum atomic E-state index is -0.538. The molecular weight excluding hydrogens is 332 g/mol. The Labute approximate surface area is 157 Å².